The standard InChI is InChI=1S/C35H42ClN5O2.C2HF3O2/c1-22(29-19-37-30-10-8-7-9-28(29)30)32(39-34(43)38-27-14-11-25(12-15-27)35(2,3)4)33(42)41-21-23(20-40(5)6)17-24-18-26(36)13-16-31(24)41;3-2(4,5)1(6)7/h7-16,18-19,22-23,32,37H,17,20-21H2,1-6H3,(H2,38,39,43);(H,6,7)/t22?,23-,32?;/m1./s1. The lowest BCUT2D eigenvalue weighted by molar-refractivity contribution is -0.192. The predicted molar refractivity (Wildman–Crippen MR) is 191 cm³/mol. The van der Waals surface area contributed by atoms with Gasteiger partial charge in [-0.05, 0) is 84.9 Å². The van der Waals surface area contributed by atoms with Crippen LogP contribution >= 0.6 is 11.6 Å². The zero-order valence-corrected chi connectivity index (χ0v) is 29.6. The average molecular weight is 714 g/mol. The second-order valence-corrected chi connectivity index (χ2v) is 14.3. The molecule has 9 nitrogen and oxygen atoms in total. The number of fused-ring (bicyclic) bond motifs is 2. The van der Waals surface area contributed by atoms with Crippen molar-refractivity contribution in [2.45, 2.75) is 57.7 Å². The zero-order chi connectivity index (χ0) is 37.0. The van der Waals surface area contributed by atoms with Crippen LogP contribution < -0.4 is 15.5 Å². The van der Waals surface area contributed by atoms with Crippen LogP contribution in [0, 0.1) is 5.92 Å². The molecule has 1 aliphatic rings. The molecule has 5 rings (SSSR count). The van der Waals surface area contributed by atoms with E-state index >= 15 is 0 Å². The van der Waals surface area contributed by atoms with E-state index < -0.39 is 24.2 Å². The maximum absolute atomic E-state index is 14.6. The molecular formula is C37H43ClF3N5O4. The maximum atomic E-state index is 14.6. The first kappa shape index (κ1) is 38.3. The minimum absolute atomic E-state index is 0.00642. The predicted octanol–water partition coefficient (Wildman–Crippen LogP) is 7.81. The van der Waals surface area contributed by atoms with Gasteiger partial charge in [-0.2, -0.15) is 13.2 Å². The molecule has 0 saturated carbocycles. The Kier molecular flexibility index (Phi) is 11.9. The van der Waals surface area contributed by atoms with Crippen molar-refractivity contribution in [1.82, 2.24) is 15.2 Å². The van der Waals surface area contributed by atoms with Crippen molar-refractivity contribution in [1.29, 1.82) is 0 Å². The molecule has 13 heteroatoms. The molecule has 0 saturated heterocycles. The number of hydrogen-bond donors (Lipinski definition) is 4. The summed E-state index contributed by atoms with van der Waals surface area (Å²) >= 11 is 6.39. The highest BCUT2D eigenvalue weighted by Crippen LogP contribution is 2.35. The Balaban J connectivity index is 0.000000727. The Morgan fingerprint density at radius 2 is 1.68 bits per heavy atom. The van der Waals surface area contributed by atoms with Gasteiger partial charge in [0.25, 0.3) is 0 Å². The Morgan fingerprint density at radius 1 is 1.04 bits per heavy atom. The van der Waals surface area contributed by atoms with Gasteiger partial charge in [-0.1, -0.05) is 69.6 Å². The van der Waals surface area contributed by atoms with Crippen LogP contribution in [0.1, 0.15) is 50.3 Å². The quantitative estimate of drug-likeness (QED) is 0.156. The fraction of sp³-hybridized carbons (Fsp3) is 0.378. The van der Waals surface area contributed by atoms with E-state index in [1.54, 1.807) is 0 Å². The molecule has 4 aromatic rings. The van der Waals surface area contributed by atoms with Crippen LogP contribution in [0.4, 0.5) is 29.3 Å². The molecule has 3 amide bonds. The van der Waals surface area contributed by atoms with Crippen LogP contribution in [0.2, 0.25) is 5.02 Å². The van der Waals surface area contributed by atoms with E-state index in [4.69, 9.17) is 21.5 Å². The molecule has 50 heavy (non-hydrogen) atoms. The first-order valence-corrected chi connectivity index (χ1v) is 16.5. The van der Waals surface area contributed by atoms with Gasteiger partial charge in [0.15, 0.2) is 0 Å². The van der Waals surface area contributed by atoms with Gasteiger partial charge >= 0.3 is 18.2 Å². The van der Waals surface area contributed by atoms with E-state index in [9.17, 15) is 22.8 Å². The van der Waals surface area contributed by atoms with E-state index in [0.29, 0.717) is 17.3 Å². The molecule has 3 atom stereocenters. The number of hydrogen-bond acceptors (Lipinski definition) is 4. The van der Waals surface area contributed by atoms with Crippen LogP contribution in [0.3, 0.4) is 0 Å². The number of aromatic amines is 1. The Bertz CT molecular complexity index is 1820. The van der Waals surface area contributed by atoms with Gasteiger partial charge in [0.05, 0.1) is 0 Å². The van der Waals surface area contributed by atoms with Crippen LogP contribution in [-0.4, -0.2) is 72.3 Å². The number of urea groups is 1. The number of alkyl halides is 3. The van der Waals surface area contributed by atoms with E-state index in [2.05, 4.69) is 41.3 Å². The largest absolute Gasteiger partial charge is 0.490 e. The van der Waals surface area contributed by atoms with Gasteiger partial charge in [-0.15, -0.1) is 0 Å². The fourth-order valence-electron chi connectivity index (χ4n) is 6.14. The maximum Gasteiger partial charge on any atom is 0.490 e. The average Bonchev–Trinajstić information content (AvgIpc) is 3.46. The summed E-state index contributed by atoms with van der Waals surface area (Å²) in [5.41, 5.74) is 5.70. The Labute approximate surface area is 294 Å². The molecule has 0 spiro atoms. The number of nitrogens with one attached hydrogen (secondary N) is 3. The van der Waals surface area contributed by atoms with Crippen molar-refractivity contribution in [3.8, 4) is 0 Å². The lowest BCUT2D eigenvalue weighted by Gasteiger charge is -2.38. The summed E-state index contributed by atoms with van der Waals surface area (Å²) in [5.74, 6) is -3.00. The summed E-state index contributed by atoms with van der Waals surface area (Å²) in [6.45, 7) is 9.85. The van der Waals surface area contributed by atoms with Gasteiger partial charge in [0.1, 0.15) is 6.04 Å². The van der Waals surface area contributed by atoms with Crippen molar-refractivity contribution < 1.29 is 32.7 Å². The van der Waals surface area contributed by atoms with Crippen LogP contribution in [0.5, 0.6) is 0 Å². The number of carbonyl (C=O) groups is 3. The summed E-state index contributed by atoms with van der Waals surface area (Å²) in [6, 6.07) is 20.3. The smallest absolute Gasteiger partial charge is 0.475 e. The minimum atomic E-state index is -5.08. The van der Waals surface area contributed by atoms with Crippen molar-refractivity contribution >= 4 is 51.8 Å². The second-order valence-electron chi connectivity index (χ2n) is 13.8. The molecule has 0 bridgehead atoms. The minimum Gasteiger partial charge on any atom is -0.475 e. The van der Waals surface area contributed by atoms with Gasteiger partial charge in [0, 0.05) is 52.5 Å². The summed E-state index contributed by atoms with van der Waals surface area (Å²) in [7, 11) is 4.09. The number of anilines is 2. The molecule has 2 unspecified atom stereocenters. The fourth-order valence-corrected chi connectivity index (χ4v) is 6.34. The van der Waals surface area contributed by atoms with E-state index in [-0.39, 0.29) is 23.2 Å². The zero-order valence-electron chi connectivity index (χ0n) is 28.9. The topological polar surface area (TPSA) is 118 Å². The Hall–Kier alpha value is -4.55. The highest BCUT2D eigenvalue weighted by atomic mass is 35.5. The van der Waals surface area contributed by atoms with E-state index in [1.165, 1.54) is 5.56 Å². The molecule has 3 aromatic carbocycles. The highest BCUT2D eigenvalue weighted by Gasteiger charge is 2.39. The number of aromatic nitrogens is 1. The summed E-state index contributed by atoms with van der Waals surface area (Å²) in [6.07, 6.45) is -2.31. The number of halogens is 4. The highest BCUT2D eigenvalue weighted by molar-refractivity contribution is 6.30. The molecule has 4 N–H and O–H groups in total. The van der Waals surface area contributed by atoms with Crippen LogP contribution in [-0.2, 0) is 21.4 Å². The molecule has 0 aliphatic carbocycles. The molecule has 0 radical (unpaired) electrons. The summed E-state index contributed by atoms with van der Waals surface area (Å²) in [5, 5.41) is 14.8. The normalized spacial score (nSPS) is 15.8. The SMILES string of the molecule is CC(c1c[nH]c2ccccc12)C(NC(=O)Nc1ccc(C(C)(C)C)cc1)C(=O)N1C[C@@H](CN(C)C)Cc2cc(Cl)ccc21.O=C(O)C(F)(F)F. The number of carboxylic acid groups (broad SMARTS) is 1. The monoisotopic (exact) mass is 713 g/mol. The lowest BCUT2D eigenvalue weighted by atomic mass is 9.87. The number of nitrogens with zero attached hydrogens (tertiary/aromatic N) is 2. The number of rotatable bonds is 7. The van der Waals surface area contributed by atoms with Gasteiger partial charge in [0.2, 0.25) is 5.91 Å². The van der Waals surface area contributed by atoms with E-state index in [0.717, 1.165) is 40.7 Å². The molecule has 2 heterocycles. The number of H-pyrrole nitrogens is 1. The van der Waals surface area contributed by atoms with Crippen molar-refractivity contribution in [2.75, 3.05) is 37.4 Å². The van der Waals surface area contributed by atoms with Gasteiger partial charge in [-0.25, -0.2) is 9.59 Å². The van der Waals surface area contributed by atoms with Crippen LogP contribution in [0.15, 0.2) is 72.9 Å². The number of benzene rings is 3. The van der Waals surface area contributed by atoms with Crippen LogP contribution in [0.25, 0.3) is 10.9 Å². The third-order valence-electron chi connectivity index (χ3n) is 8.59. The Morgan fingerprint density at radius 3 is 2.28 bits per heavy atom. The molecule has 268 valence electrons. The van der Waals surface area contributed by atoms with Crippen molar-refractivity contribution in [3.05, 3.63) is 94.6 Å². The molecule has 1 aromatic heterocycles. The first-order chi connectivity index (χ1) is 23.3. The molecular weight excluding hydrogens is 671 g/mol. The number of carbonyl (C=O) groups excluding carboxylic acids is 2. The summed E-state index contributed by atoms with van der Waals surface area (Å²) in [4.78, 5) is 44.3. The second kappa shape index (κ2) is 15.6. The number of amides is 3. The molecule has 1 aliphatic heterocycles. The third-order valence-corrected chi connectivity index (χ3v) is 8.82. The van der Waals surface area contributed by atoms with Crippen molar-refractivity contribution in [2.24, 2.45) is 5.92 Å². The third kappa shape index (κ3) is 9.57. The number of carboxylic acids is 1. The van der Waals surface area contributed by atoms with Gasteiger partial charge < -0.3 is 30.5 Å². The van der Waals surface area contributed by atoms with E-state index in [1.807, 2.05) is 98.8 Å². The number of aliphatic carboxylic acids is 1. The summed E-state index contributed by atoms with van der Waals surface area (Å²) < 4.78 is 31.7. The molecule has 0 fully saturated rings. The number of para-hydroxylation sites is 1. The van der Waals surface area contributed by atoms with Crippen molar-refractivity contribution in [3.63, 3.8) is 0 Å². The first-order valence-electron chi connectivity index (χ1n) is 16.1. The lowest BCUT2D eigenvalue weighted by Crippen LogP contribution is -2.55. The van der Waals surface area contributed by atoms with Gasteiger partial charge in [-0.3, -0.25) is 4.79 Å².